The van der Waals surface area contributed by atoms with Gasteiger partial charge in [-0.15, -0.1) is 0 Å². The Bertz CT molecular complexity index is 847. The molecule has 0 aliphatic heterocycles. The van der Waals surface area contributed by atoms with Gasteiger partial charge in [-0.3, -0.25) is 0 Å². The lowest BCUT2D eigenvalue weighted by Gasteiger charge is -2.13. The molecule has 0 unspecified atom stereocenters. The predicted octanol–water partition coefficient (Wildman–Crippen LogP) is 4.30. The van der Waals surface area contributed by atoms with E-state index >= 15 is 0 Å². The molecule has 0 bridgehead atoms. The number of methoxy groups -OCH3 is 1. The Balaban J connectivity index is 1.72. The van der Waals surface area contributed by atoms with E-state index in [0.29, 0.717) is 45.3 Å². The molecule has 2 aromatic rings. The summed E-state index contributed by atoms with van der Waals surface area (Å²) in [5, 5.41) is 2.85. The first-order valence-electron chi connectivity index (χ1n) is 10.3. The van der Waals surface area contributed by atoms with Crippen LogP contribution in [0.5, 0.6) is 0 Å². The van der Waals surface area contributed by atoms with E-state index in [9.17, 15) is 18.0 Å². The lowest BCUT2D eigenvalue weighted by atomic mass is 10.1. The Labute approximate surface area is 190 Å². The smallest absolute Gasteiger partial charge is 0.416 e. The largest absolute Gasteiger partial charge is 0.460 e. The van der Waals surface area contributed by atoms with Crippen LogP contribution >= 0.6 is 0 Å². The van der Waals surface area contributed by atoms with Gasteiger partial charge in [0, 0.05) is 12.8 Å². The number of carbonyl (C=O) groups excluding carboxylic acids is 1. The van der Waals surface area contributed by atoms with Crippen LogP contribution in [0.1, 0.15) is 15.9 Å². The predicted molar refractivity (Wildman–Crippen MR) is 116 cm³/mol. The van der Waals surface area contributed by atoms with Crippen molar-refractivity contribution in [1.29, 1.82) is 0 Å². The van der Waals surface area contributed by atoms with Crippen molar-refractivity contribution >= 4 is 17.3 Å². The molecule has 182 valence electrons. The highest BCUT2D eigenvalue weighted by Crippen LogP contribution is 2.31. The van der Waals surface area contributed by atoms with Crippen LogP contribution < -0.4 is 5.32 Å². The molecule has 2 aromatic carbocycles. The number of ether oxygens (including phenoxy) is 5. The number of nitrogens with one attached hydrogen (secondary N) is 1. The van der Waals surface area contributed by atoms with Gasteiger partial charge in [-0.1, -0.05) is 18.2 Å². The Hall–Kier alpha value is -2.66. The number of para-hydroxylation sites is 1. The molecule has 0 saturated carbocycles. The van der Waals surface area contributed by atoms with Crippen molar-refractivity contribution in [3.63, 3.8) is 0 Å². The maximum Gasteiger partial charge on any atom is 0.416 e. The van der Waals surface area contributed by atoms with Gasteiger partial charge in [-0.25, -0.2) is 4.79 Å². The molecule has 10 heteroatoms. The van der Waals surface area contributed by atoms with Gasteiger partial charge < -0.3 is 29.0 Å². The minimum Gasteiger partial charge on any atom is -0.460 e. The molecule has 0 spiro atoms. The third-order valence-electron chi connectivity index (χ3n) is 4.25. The summed E-state index contributed by atoms with van der Waals surface area (Å²) in [7, 11) is 1.60. The normalized spacial score (nSPS) is 11.4. The quantitative estimate of drug-likeness (QED) is 0.307. The van der Waals surface area contributed by atoms with Crippen molar-refractivity contribution in [2.75, 3.05) is 65.3 Å². The number of halogens is 3. The number of carbonyl (C=O) groups is 1. The second kappa shape index (κ2) is 14.5. The number of alkyl halides is 3. The number of anilines is 2. The fourth-order valence-electron chi connectivity index (χ4n) is 2.65. The van der Waals surface area contributed by atoms with Crippen LogP contribution in [0.25, 0.3) is 0 Å². The van der Waals surface area contributed by atoms with Crippen LogP contribution in [0.2, 0.25) is 0 Å². The Morgan fingerprint density at radius 3 is 2.06 bits per heavy atom. The van der Waals surface area contributed by atoms with Crippen LogP contribution in [0.4, 0.5) is 24.5 Å². The van der Waals surface area contributed by atoms with Crippen LogP contribution in [-0.2, 0) is 29.9 Å². The van der Waals surface area contributed by atoms with Crippen LogP contribution in [-0.4, -0.2) is 65.9 Å². The van der Waals surface area contributed by atoms with Gasteiger partial charge >= 0.3 is 12.1 Å². The average Bonchev–Trinajstić information content (AvgIpc) is 2.79. The van der Waals surface area contributed by atoms with E-state index in [1.54, 1.807) is 25.3 Å². The van der Waals surface area contributed by atoms with Crippen molar-refractivity contribution in [3.8, 4) is 0 Å². The van der Waals surface area contributed by atoms with Gasteiger partial charge in [0.05, 0.1) is 63.1 Å². The lowest BCUT2D eigenvalue weighted by molar-refractivity contribution is -0.137. The number of esters is 1. The molecular weight excluding hydrogens is 443 g/mol. The number of benzene rings is 2. The molecule has 7 nitrogen and oxygen atoms in total. The fourth-order valence-corrected chi connectivity index (χ4v) is 2.65. The molecule has 33 heavy (non-hydrogen) atoms. The number of hydrogen-bond donors (Lipinski definition) is 1. The zero-order valence-corrected chi connectivity index (χ0v) is 18.4. The van der Waals surface area contributed by atoms with Crippen molar-refractivity contribution in [3.05, 3.63) is 59.7 Å². The second-order valence-electron chi connectivity index (χ2n) is 6.71. The summed E-state index contributed by atoms with van der Waals surface area (Å²) in [6.07, 6.45) is -4.46. The summed E-state index contributed by atoms with van der Waals surface area (Å²) >= 11 is 0. The Kier molecular flexibility index (Phi) is 11.7. The van der Waals surface area contributed by atoms with E-state index in [1.165, 1.54) is 18.2 Å². The highest BCUT2D eigenvalue weighted by atomic mass is 19.4. The maximum atomic E-state index is 12.9. The SMILES string of the molecule is COCCOCCOCCOCCOC(=O)c1ccccc1Nc1cccc(C(F)(F)F)c1. The minimum absolute atomic E-state index is 0.0247. The monoisotopic (exact) mass is 471 g/mol. The fraction of sp³-hybridized carbons (Fsp3) is 0.435. The highest BCUT2D eigenvalue weighted by Gasteiger charge is 2.30. The summed E-state index contributed by atoms with van der Waals surface area (Å²) in [6, 6.07) is 11.2. The summed E-state index contributed by atoms with van der Waals surface area (Å²) in [5.74, 6) is -0.613. The highest BCUT2D eigenvalue weighted by molar-refractivity contribution is 5.96. The molecule has 0 atom stereocenters. The van der Waals surface area contributed by atoms with Crippen molar-refractivity contribution in [2.24, 2.45) is 0 Å². The van der Waals surface area contributed by atoms with Gasteiger partial charge in [0.15, 0.2) is 0 Å². The van der Waals surface area contributed by atoms with Gasteiger partial charge in [-0.2, -0.15) is 13.2 Å². The van der Waals surface area contributed by atoms with E-state index in [2.05, 4.69) is 5.32 Å². The first-order valence-corrected chi connectivity index (χ1v) is 10.3. The maximum absolute atomic E-state index is 12.9. The molecule has 0 heterocycles. The Morgan fingerprint density at radius 2 is 1.42 bits per heavy atom. The first-order chi connectivity index (χ1) is 15.9. The van der Waals surface area contributed by atoms with Crippen LogP contribution in [0.15, 0.2) is 48.5 Å². The van der Waals surface area contributed by atoms with Gasteiger partial charge in [0.2, 0.25) is 0 Å². The summed E-state index contributed by atoms with van der Waals surface area (Å²) in [4.78, 5) is 12.4. The van der Waals surface area contributed by atoms with Gasteiger partial charge in [-0.05, 0) is 30.3 Å². The van der Waals surface area contributed by atoms with E-state index in [1.807, 2.05) is 0 Å². The van der Waals surface area contributed by atoms with Crippen LogP contribution in [0, 0.1) is 0 Å². The zero-order valence-electron chi connectivity index (χ0n) is 18.4. The third kappa shape index (κ3) is 10.2. The van der Waals surface area contributed by atoms with E-state index < -0.39 is 17.7 Å². The number of hydrogen-bond acceptors (Lipinski definition) is 7. The molecule has 0 aliphatic rings. The number of rotatable bonds is 15. The molecule has 0 radical (unpaired) electrons. The molecule has 0 aliphatic carbocycles. The van der Waals surface area contributed by atoms with Gasteiger partial charge in [0.25, 0.3) is 0 Å². The molecule has 1 N–H and O–H groups in total. The van der Waals surface area contributed by atoms with Crippen molar-refractivity contribution in [1.82, 2.24) is 0 Å². The summed E-state index contributed by atoms with van der Waals surface area (Å²) in [6.45, 7) is 2.88. The zero-order chi connectivity index (χ0) is 23.9. The summed E-state index contributed by atoms with van der Waals surface area (Å²) < 4.78 is 64.8. The standard InChI is InChI=1S/C23H28F3NO6/c1-29-9-10-30-11-12-31-13-14-32-15-16-33-22(28)20-7-2-3-8-21(20)27-19-6-4-5-18(17-19)23(24,25)26/h2-8,17,27H,9-16H2,1H3. The minimum atomic E-state index is -4.46. The van der Waals surface area contributed by atoms with E-state index in [-0.39, 0.29) is 24.5 Å². The molecule has 0 saturated heterocycles. The first kappa shape index (κ1) is 26.6. The Morgan fingerprint density at radius 1 is 0.818 bits per heavy atom. The topological polar surface area (TPSA) is 75.2 Å². The van der Waals surface area contributed by atoms with Gasteiger partial charge in [0.1, 0.15) is 6.61 Å². The lowest BCUT2D eigenvalue weighted by Crippen LogP contribution is -2.15. The van der Waals surface area contributed by atoms with Crippen molar-refractivity contribution in [2.45, 2.75) is 6.18 Å². The van der Waals surface area contributed by atoms with E-state index in [0.717, 1.165) is 12.1 Å². The summed E-state index contributed by atoms with van der Waals surface area (Å²) in [5.41, 5.74) is -0.0413. The van der Waals surface area contributed by atoms with Crippen molar-refractivity contribution < 1.29 is 41.7 Å². The molecule has 0 fully saturated rings. The second-order valence-corrected chi connectivity index (χ2v) is 6.71. The molecular formula is C23H28F3NO6. The van der Waals surface area contributed by atoms with Crippen LogP contribution in [0.3, 0.4) is 0 Å². The van der Waals surface area contributed by atoms with E-state index in [4.69, 9.17) is 23.7 Å². The average molecular weight is 471 g/mol. The third-order valence-corrected chi connectivity index (χ3v) is 4.25. The molecule has 0 aromatic heterocycles. The molecule has 2 rings (SSSR count). The molecule has 0 amide bonds.